The SMILES string of the molecule is CN(C)c1nccc2cccc(N3CCCC3)c12. The van der Waals surface area contributed by atoms with Crippen molar-refractivity contribution in [2.75, 3.05) is 37.0 Å². The molecule has 0 bridgehead atoms. The number of rotatable bonds is 2. The zero-order valence-corrected chi connectivity index (χ0v) is 11.1. The third-order valence-corrected chi connectivity index (χ3v) is 3.62. The van der Waals surface area contributed by atoms with Crippen molar-refractivity contribution < 1.29 is 0 Å². The molecule has 1 aromatic heterocycles. The van der Waals surface area contributed by atoms with Gasteiger partial charge in [0, 0.05) is 44.5 Å². The Kier molecular flexibility index (Phi) is 2.82. The van der Waals surface area contributed by atoms with Crippen LogP contribution in [0.25, 0.3) is 10.8 Å². The number of nitrogens with zero attached hydrogens (tertiary/aromatic N) is 3. The van der Waals surface area contributed by atoms with Crippen LogP contribution in [0.4, 0.5) is 11.5 Å². The number of aromatic nitrogens is 1. The average molecular weight is 241 g/mol. The lowest BCUT2D eigenvalue weighted by Crippen LogP contribution is -2.19. The van der Waals surface area contributed by atoms with Gasteiger partial charge in [-0.25, -0.2) is 4.98 Å². The molecule has 0 unspecified atom stereocenters. The van der Waals surface area contributed by atoms with Crippen molar-refractivity contribution in [3.63, 3.8) is 0 Å². The number of pyridine rings is 1. The highest BCUT2D eigenvalue weighted by Crippen LogP contribution is 2.34. The number of anilines is 2. The maximum absolute atomic E-state index is 4.54. The minimum atomic E-state index is 1.06. The highest BCUT2D eigenvalue weighted by atomic mass is 15.2. The Morgan fingerprint density at radius 1 is 1.11 bits per heavy atom. The van der Waals surface area contributed by atoms with E-state index >= 15 is 0 Å². The van der Waals surface area contributed by atoms with Crippen LogP contribution >= 0.6 is 0 Å². The van der Waals surface area contributed by atoms with Crippen LogP contribution in [-0.2, 0) is 0 Å². The molecule has 1 saturated heterocycles. The summed E-state index contributed by atoms with van der Waals surface area (Å²) in [6.45, 7) is 2.34. The summed E-state index contributed by atoms with van der Waals surface area (Å²) >= 11 is 0. The highest BCUT2D eigenvalue weighted by molar-refractivity contribution is 6.02. The van der Waals surface area contributed by atoms with Crippen LogP contribution in [-0.4, -0.2) is 32.2 Å². The summed E-state index contributed by atoms with van der Waals surface area (Å²) in [5.41, 5.74) is 1.34. The normalized spacial score (nSPS) is 15.3. The third-order valence-electron chi connectivity index (χ3n) is 3.62. The lowest BCUT2D eigenvalue weighted by Gasteiger charge is -2.23. The second-order valence-electron chi connectivity index (χ2n) is 5.10. The van der Waals surface area contributed by atoms with Gasteiger partial charge < -0.3 is 9.80 Å². The Morgan fingerprint density at radius 2 is 1.89 bits per heavy atom. The number of fused-ring (bicyclic) bond motifs is 1. The van der Waals surface area contributed by atoms with Crippen LogP contribution in [0.2, 0.25) is 0 Å². The van der Waals surface area contributed by atoms with Gasteiger partial charge in [-0.15, -0.1) is 0 Å². The number of benzene rings is 1. The molecule has 0 spiro atoms. The quantitative estimate of drug-likeness (QED) is 0.806. The molecule has 1 aliphatic rings. The van der Waals surface area contributed by atoms with Gasteiger partial charge in [0.1, 0.15) is 5.82 Å². The molecular weight excluding hydrogens is 222 g/mol. The molecule has 3 nitrogen and oxygen atoms in total. The van der Waals surface area contributed by atoms with Crippen molar-refractivity contribution in [3.05, 3.63) is 30.5 Å². The van der Waals surface area contributed by atoms with Gasteiger partial charge in [0.05, 0.1) is 0 Å². The molecule has 1 fully saturated rings. The third kappa shape index (κ3) is 1.80. The Labute approximate surface area is 108 Å². The number of hydrogen-bond acceptors (Lipinski definition) is 3. The standard InChI is InChI=1S/C15H19N3/c1-17(2)15-14-12(8-9-16-15)6-5-7-13(14)18-10-3-4-11-18/h5-9H,3-4,10-11H2,1-2H3. The van der Waals surface area contributed by atoms with Crippen LogP contribution in [0.1, 0.15) is 12.8 Å². The average Bonchev–Trinajstić information content (AvgIpc) is 2.91. The summed E-state index contributed by atoms with van der Waals surface area (Å²) in [6.07, 6.45) is 4.49. The van der Waals surface area contributed by atoms with Crippen LogP contribution in [0, 0.1) is 0 Å². The van der Waals surface area contributed by atoms with E-state index in [1.165, 1.54) is 42.4 Å². The molecule has 0 atom stereocenters. The van der Waals surface area contributed by atoms with Gasteiger partial charge in [0.2, 0.25) is 0 Å². The molecule has 0 aliphatic carbocycles. The molecule has 94 valence electrons. The molecule has 3 rings (SSSR count). The zero-order chi connectivity index (χ0) is 12.5. The Balaban J connectivity index is 2.23. The molecule has 1 aromatic carbocycles. The first kappa shape index (κ1) is 11.3. The van der Waals surface area contributed by atoms with E-state index in [1.807, 2.05) is 6.20 Å². The van der Waals surface area contributed by atoms with Gasteiger partial charge in [0.15, 0.2) is 0 Å². The van der Waals surface area contributed by atoms with Crippen molar-refractivity contribution >= 4 is 22.3 Å². The van der Waals surface area contributed by atoms with Gasteiger partial charge in [-0.2, -0.15) is 0 Å². The molecule has 3 heteroatoms. The first-order valence-corrected chi connectivity index (χ1v) is 6.57. The molecular formula is C15H19N3. The van der Waals surface area contributed by atoms with Gasteiger partial charge in [-0.1, -0.05) is 12.1 Å². The summed E-state index contributed by atoms with van der Waals surface area (Å²) < 4.78 is 0. The van der Waals surface area contributed by atoms with E-state index in [-0.39, 0.29) is 0 Å². The van der Waals surface area contributed by atoms with E-state index in [2.05, 4.69) is 53.1 Å². The minimum absolute atomic E-state index is 1.06. The highest BCUT2D eigenvalue weighted by Gasteiger charge is 2.17. The monoisotopic (exact) mass is 241 g/mol. The molecule has 18 heavy (non-hydrogen) atoms. The van der Waals surface area contributed by atoms with Crippen molar-refractivity contribution in [1.29, 1.82) is 0 Å². The topological polar surface area (TPSA) is 19.4 Å². The lowest BCUT2D eigenvalue weighted by atomic mass is 10.1. The fourth-order valence-corrected chi connectivity index (χ4v) is 2.75. The van der Waals surface area contributed by atoms with E-state index in [0.717, 1.165) is 5.82 Å². The summed E-state index contributed by atoms with van der Waals surface area (Å²) in [6, 6.07) is 8.64. The molecule has 2 aromatic rings. The van der Waals surface area contributed by atoms with Crippen LogP contribution in [0.5, 0.6) is 0 Å². The maximum atomic E-state index is 4.54. The fourth-order valence-electron chi connectivity index (χ4n) is 2.75. The lowest BCUT2D eigenvalue weighted by molar-refractivity contribution is 0.949. The molecule has 2 heterocycles. The van der Waals surface area contributed by atoms with E-state index in [0.29, 0.717) is 0 Å². The zero-order valence-electron chi connectivity index (χ0n) is 11.1. The molecule has 0 amide bonds. The van der Waals surface area contributed by atoms with Crippen LogP contribution < -0.4 is 9.80 Å². The van der Waals surface area contributed by atoms with Crippen molar-refractivity contribution in [3.8, 4) is 0 Å². The van der Waals surface area contributed by atoms with E-state index in [4.69, 9.17) is 0 Å². The van der Waals surface area contributed by atoms with E-state index in [9.17, 15) is 0 Å². The second-order valence-corrected chi connectivity index (χ2v) is 5.10. The van der Waals surface area contributed by atoms with Crippen LogP contribution in [0.15, 0.2) is 30.5 Å². The summed E-state index contributed by atoms with van der Waals surface area (Å²) in [5.74, 6) is 1.06. The summed E-state index contributed by atoms with van der Waals surface area (Å²) in [4.78, 5) is 9.12. The van der Waals surface area contributed by atoms with Crippen molar-refractivity contribution in [2.24, 2.45) is 0 Å². The van der Waals surface area contributed by atoms with Gasteiger partial charge >= 0.3 is 0 Å². The predicted molar refractivity (Wildman–Crippen MR) is 77.5 cm³/mol. The molecule has 0 saturated carbocycles. The first-order chi connectivity index (χ1) is 8.77. The van der Waals surface area contributed by atoms with E-state index in [1.54, 1.807) is 0 Å². The Bertz CT molecular complexity index is 551. The largest absolute Gasteiger partial charge is 0.371 e. The Morgan fingerprint density at radius 3 is 2.61 bits per heavy atom. The molecule has 1 aliphatic heterocycles. The first-order valence-electron chi connectivity index (χ1n) is 6.57. The smallest absolute Gasteiger partial charge is 0.137 e. The van der Waals surface area contributed by atoms with E-state index < -0.39 is 0 Å². The summed E-state index contributed by atoms with van der Waals surface area (Å²) in [7, 11) is 4.12. The molecule has 0 N–H and O–H groups in total. The van der Waals surface area contributed by atoms with Crippen molar-refractivity contribution in [2.45, 2.75) is 12.8 Å². The van der Waals surface area contributed by atoms with Gasteiger partial charge in [0.25, 0.3) is 0 Å². The van der Waals surface area contributed by atoms with Gasteiger partial charge in [-0.3, -0.25) is 0 Å². The van der Waals surface area contributed by atoms with Crippen LogP contribution in [0.3, 0.4) is 0 Å². The molecule has 0 radical (unpaired) electrons. The number of hydrogen-bond donors (Lipinski definition) is 0. The second kappa shape index (κ2) is 4.48. The maximum Gasteiger partial charge on any atom is 0.137 e. The van der Waals surface area contributed by atoms with Crippen molar-refractivity contribution in [1.82, 2.24) is 4.98 Å². The Hall–Kier alpha value is -1.77. The predicted octanol–water partition coefficient (Wildman–Crippen LogP) is 2.90. The fraction of sp³-hybridized carbons (Fsp3) is 0.400. The summed E-state index contributed by atoms with van der Waals surface area (Å²) in [5, 5.41) is 2.56. The minimum Gasteiger partial charge on any atom is -0.371 e. The van der Waals surface area contributed by atoms with Gasteiger partial charge in [-0.05, 0) is 30.4 Å².